The minimum atomic E-state index is -0.321. The quantitative estimate of drug-likeness (QED) is 0.338. The number of rotatable bonds is 3. The molecule has 5 aliphatic rings. The highest BCUT2D eigenvalue weighted by Crippen LogP contribution is 2.71. The highest BCUT2D eigenvalue weighted by molar-refractivity contribution is 5.88. The van der Waals surface area contributed by atoms with Crippen molar-refractivity contribution >= 4 is 11.9 Å². The average Bonchev–Trinajstić information content (AvgIpc) is 3.21. The molecular weight excluding hydrogens is 424 g/mol. The van der Waals surface area contributed by atoms with Gasteiger partial charge in [0, 0.05) is 24.3 Å². The highest BCUT2D eigenvalue weighted by Gasteiger charge is 2.64. The summed E-state index contributed by atoms with van der Waals surface area (Å²) in [6.07, 6.45) is 12.5. The van der Waals surface area contributed by atoms with Crippen LogP contribution in [0.2, 0.25) is 0 Å². The van der Waals surface area contributed by atoms with Gasteiger partial charge in [-0.05, 0) is 99.7 Å². The molecule has 0 radical (unpaired) electrons. The standard InChI is InChI=1S/C30H44O4/c1-18(2)22-8-9-24-21(17-30(22)16-13-26(31)34-30)11-14-28(5)23(12-15-29(24,28)6)20(4)25-10-7-19(3)27(32)33-25/h7,20-25H,1,8-17H2,2-6H3. The number of hydrogen-bond donors (Lipinski definition) is 0. The van der Waals surface area contributed by atoms with Crippen LogP contribution < -0.4 is 0 Å². The minimum absolute atomic E-state index is 0.00111. The largest absolute Gasteiger partial charge is 0.458 e. The predicted octanol–water partition coefficient (Wildman–Crippen LogP) is 6.79. The van der Waals surface area contributed by atoms with Crippen molar-refractivity contribution in [1.82, 2.24) is 0 Å². The van der Waals surface area contributed by atoms with Crippen molar-refractivity contribution < 1.29 is 19.1 Å². The molecule has 5 rings (SSSR count). The van der Waals surface area contributed by atoms with Crippen molar-refractivity contribution in [3.05, 3.63) is 23.8 Å². The molecule has 34 heavy (non-hydrogen) atoms. The Balaban J connectivity index is 1.41. The Labute approximate surface area is 205 Å². The first-order valence-electron chi connectivity index (χ1n) is 13.8. The Bertz CT molecular complexity index is 919. The Morgan fingerprint density at radius 2 is 1.82 bits per heavy atom. The van der Waals surface area contributed by atoms with Gasteiger partial charge in [-0.15, -0.1) is 0 Å². The van der Waals surface area contributed by atoms with E-state index in [1.54, 1.807) is 0 Å². The monoisotopic (exact) mass is 468 g/mol. The van der Waals surface area contributed by atoms with Gasteiger partial charge in [-0.2, -0.15) is 0 Å². The van der Waals surface area contributed by atoms with Gasteiger partial charge in [0.05, 0.1) is 0 Å². The van der Waals surface area contributed by atoms with Gasteiger partial charge in [-0.1, -0.05) is 39.0 Å². The summed E-state index contributed by atoms with van der Waals surface area (Å²) in [5.41, 5.74) is 2.13. The molecule has 2 aliphatic heterocycles. The molecular formula is C30H44O4. The summed E-state index contributed by atoms with van der Waals surface area (Å²) < 4.78 is 12.1. The third kappa shape index (κ3) is 3.45. The molecule has 4 heteroatoms. The van der Waals surface area contributed by atoms with Crippen LogP contribution in [-0.2, 0) is 19.1 Å². The molecule has 1 saturated heterocycles. The summed E-state index contributed by atoms with van der Waals surface area (Å²) in [6.45, 7) is 15.8. The molecule has 4 nitrogen and oxygen atoms in total. The zero-order valence-corrected chi connectivity index (χ0v) is 22.0. The number of esters is 2. The van der Waals surface area contributed by atoms with Crippen LogP contribution in [0.15, 0.2) is 23.8 Å². The fraction of sp³-hybridized carbons (Fsp3) is 0.800. The number of cyclic esters (lactones) is 1. The Kier molecular flexibility index (Phi) is 5.84. The van der Waals surface area contributed by atoms with Crippen LogP contribution in [0.1, 0.15) is 98.8 Å². The van der Waals surface area contributed by atoms with Crippen LogP contribution in [-0.4, -0.2) is 23.6 Å². The maximum atomic E-state index is 12.3. The lowest BCUT2D eigenvalue weighted by atomic mass is 9.48. The van der Waals surface area contributed by atoms with Gasteiger partial charge in [0.2, 0.25) is 0 Å². The summed E-state index contributed by atoms with van der Waals surface area (Å²) in [6, 6.07) is 0. The lowest BCUT2D eigenvalue weighted by Crippen LogP contribution is -2.51. The number of carbonyl (C=O) groups is 2. The number of fused-ring (bicyclic) bond motifs is 3. The summed E-state index contributed by atoms with van der Waals surface area (Å²) in [5.74, 6) is 2.34. The van der Waals surface area contributed by atoms with E-state index in [1.807, 2.05) is 6.92 Å². The van der Waals surface area contributed by atoms with Crippen LogP contribution in [0, 0.1) is 40.4 Å². The summed E-state index contributed by atoms with van der Waals surface area (Å²) in [5, 5.41) is 0. The van der Waals surface area contributed by atoms with E-state index < -0.39 is 0 Å². The van der Waals surface area contributed by atoms with E-state index in [2.05, 4.69) is 40.3 Å². The SMILES string of the molecule is C=C(C)C1CCC2C(CCC3(C)C(C(C)C4CC=C(C)C(=O)O4)CCC23C)CC12CCC(=O)O2. The van der Waals surface area contributed by atoms with Crippen molar-refractivity contribution in [2.24, 2.45) is 40.4 Å². The van der Waals surface area contributed by atoms with Crippen LogP contribution in [0.25, 0.3) is 0 Å². The number of hydrogen-bond acceptors (Lipinski definition) is 4. The highest BCUT2D eigenvalue weighted by atomic mass is 16.6. The molecule has 0 N–H and O–H groups in total. The van der Waals surface area contributed by atoms with Gasteiger partial charge in [0.1, 0.15) is 11.7 Å². The van der Waals surface area contributed by atoms with Crippen molar-refractivity contribution in [2.75, 3.05) is 0 Å². The zero-order chi connectivity index (χ0) is 24.5. The van der Waals surface area contributed by atoms with Crippen molar-refractivity contribution in [2.45, 2.75) is 111 Å². The van der Waals surface area contributed by atoms with E-state index in [1.165, 1.54) is 37.7 Å². The number of ether oxygens (including phenoxy) is 2. The maximum absolute atomic E-state index is 12.3. The first-order valence-corrected chi connectivity index (χ1v) is 13.8. The van der Waals surface area contributed by atoms with Gasteiger partial charge in [-0.3, -0.25) is 4.79 Å². The lowest BCUT2D eigenvalue weighted by molar-refractivity contribution is -0.155. The molecule has 0 aromatic rings. The Hall–Kier alpha value is -1.58. The molecule has 0 aromatic carbocycles. The smallest absolute Gasteiger partial charge is 0.333 e. The van der Waals surface area contributed by atoms with E-state index in [-0.39, 0.29) is 40.4 Å². The van der Waals surface area contributed by atoms with Gasteiger partial charge in [0.15, 0.2) is 0 Å². The summed E-state index contributed by atoms with van der Waals surface area (Å²) in [7, 11) is 0. The molecule has 9 atom stereocenters. The Morgan fingerprint density at radius 3 is 2.47 bits per heavy atom. The second-order valence-corrected chi connectivity index (χ2v) is 13.0. The van der Waals surface area contributed by atoms with Crippen LogP contribution in [0.5, 0.6) is 0 Å². The molecule has 2 heterocycles. The van der Waals surface area contributed by atoms with Crippen molar-refractivity contribution in [3.8, 4) is 0 Å². The lowest BCUT2D eigenvalue weighted by Gasteiger charge is -2.57. The van der Waals surface area contributed by atoms with Crippen LogP contribution >= 0.6 is 0 Å². The average molecular weight is 469 g/mol. The Morgan fingerprint density at radius 1 is 1.09 bits per heavy atom. The fourth-order valence-corrected chi connectivity index (χ4v) is 9.57. The maximum Gasteiger partial charge on any atom is 0.333 e. The summed E-state index contributed by atoms with van der Waals surface area (Å²) >= 11 is 0. The van der Waals surface area contributed by atoms with Gasteiger partial charge in [-0.25, -0.2) is 4.79 Å². The molecule has 188 valence electrons. The molecule has 0 amide bonds. The first-order chi connectivity index (χ1) is 16.0. The molecule has 3 aliphatic carbocycles. The topological polar surface area (TPSA) is 52.6 Å². The van der Waals surface area contributed by atoms with Crippen molar-refractivity contribution in [1.29, 1.82) is 0 Å². The molecule has 1 spiro atoms. The van der Waals surface area contributed by atoms with Gasteiger partial charge in [0.25, 0.3) is 0 Å². The second-order valence-electron chi connectivity index (χ2n) is 13.0. The van der Waals surface area contributed by atoms with E-state index in [9.17, 15) is 9.59 Å². The van der Waals surface area contributed by atoms with E-state index in [0.717, 1.165) is 31.3 Å². The molecule has 0 aromatic heterocycles. The van der Waals surface area contributed by atoms with E-state index in [0.29, 0.717) is 30.1 Å². The second kappa shape index (κ2) is 8.23. The predicted molar refractivity (Wildman–Crippen MR) is 133 cm³/mol. The third-order valence-corrected chi connectivity index (χ3v) is 11.7. The van der Waals surface area contributed by atoms with Crippen molar-refractivity contribution in [3.63, 3.8) is 0 Å². The van der Waals surface area contributed by atoms with Gasteiger partial charge < -0.3 is 9.47 Å². The molecule has 0 bridgehead atoms. The van der Waals surface area contributed by atoms with Gasteiger partial charge >= 0.3 is 11.9 Å². The minimum Gasteiger partial charge on any atom is -0.458 e. The fourth-order valence-electron chi connectivity index (χ4n) is 9.57. The summed E-state index contributed by atoms with van der Waals surface area (Å²) in [4.78, 5) is 24.5. The van der Waals surface area contributed by atoms with E-state index in [4.69, 9.17) is 9.47 Å². The first kappa shape index (κ1) is 24.1. The molecule has 4 fully saturated rings. The third-order valence-electron chi connectivity index (χ3n) is 11.7. The molecule has 9 unspecified atom stereocenters. The normalized spacial score (nSPS) is 47.2. The zero-order valence-electron chi connectivity index (χ0n) is 22.0. The van der Waals surface area contributed by atoms with E-state index >= 15 is 0 Å². The molecule has 3 saturated carbocycles. The van der Waals surface area contributed by atoms with Crippen LogP contribution in [0.3, 0.4) is 0 Å². The van der Waals surface area contributed by atoms with Crippen LogP contribution in [0.4, 0.5) is 0 Å². The number of carbonyl (C=O) groups excluding carboxylic acids is 2.